The van der Waals surface area contributed by atoms with Crippen LogP contribution in [0.25, 0.3) is 10.9 Å². The Kier molecular flexibility index (Phi) is 5.78. The highest BCUT2D eigenvalue weighted by atomic mass is 32.2. The molecule has 8 heteroatoms. The molecule has 0 aliphatic carbocycles. The average Bonchev–Trinajstić information content (AvgIpc) is 3.27. The number of rotatable bonds is 6. The van der Waals surface area contributed by atoms with Gasteiger partial charge in [0.15, 0.2) is 23.1 Å². The van der Waals surface area contributed by atoms with E-state index in [9.17, 15) is 18.4 Å². The third-order valence-electron chi connectivity index (χ3n) is 4.62. The van der Waals surface area contributed by atoms with Crippen LogP contribution in [0.4, 0.5) is 13.2 Å². The van der Waals surface area contributed by atoms with Crippen molar-refractivity contribution in [3.63, 3.8) is 0 Å². The van der Waals surface area contributed by atoms with E-state index in [0.717, 1.165) is 17.7 Å². The van der Waals surface area contributed by atoms with Crippen molar-refractivity contribution in [1.82, 2.24) is 4.98 Å². The van der Waals surface area contributed by atoms with Gasteiger partial charge in [-0.2, -0.15) is 9.65 Å². The van der Waals surface area contributed by atoms with Crippen LogP contribution in [0.2, 0.25) is 0 Å². The first-order valence-electron chi connectivity index (χ1n) is 9.13. The first kappa shape index (κ1) is 20.7. The van der Waals surface area contributed by atoms with Gasteiger partial charge in [-0.15, -0.1) is 11.8 Å². The minimum atomic E-state index is -1.20. The molecule has 156 valence electrons. The molecule has 4 rings (SSSR count). The molecule has 0 fully saturated rings. The average molecular weight is 440 g/mol. The number of nitrogens with one attached hydrogen (secondary N) is 1. The van der Waals surface area contributed by atoms with Gasteiger partial charge in [-0.1, -0.05) is 30.3 Å². The fourth-order valence-electron chi connectivity index (χ4n) is 3.12. The minimum absolute atomic E-state index is 0.0200. The van der Waals surface area contributed by atoms with E-state index in [1.54, 1.807) is 18.4 Å². The van der Waals surface area contributed by atoms with E-state index in [-0.39, 0.29) is 34.9 Å². The lowest BCUT2D eigenvalue weighted by Gasteiger charge is -2.16. The van der Waals surface area contributed by atoms with Gasteiger partial charge in [-0.05, 0) is 17.9 Å². The first-order valence-corrected chi connectivity index (χ1v) is 10.4. The van der Waals surface area contributed by atoms with E-state index in [2.05, 4.69) is 4.98 Å². The monoisotopic (exact) mass is 440 g/mol. The van der Waals surface area contributed by atoms with Crippen molar-refractivity contribution >= 4 is 22.7 Å². The van der Waals surface area contributed by atoms with Crippen molar-refractivity contribution in [2.45, 2.75) is 11.5 Å². The Morgan fingerprint density at radius 1 is 1.03 bits per heavy atom. The van der Waals surface area contributed by atoms with Crippen LogP contribution in [0.15, 0.2) is 59.6 Å². The van der Waals surface area contributed by atoms with Crippen molar-refractivity contribution < 1.29 is 22.6 Å². The first-order chi connectivity index (χ1) is 15.0. The standard InChI is InChI=1S/C23H15F3N2O2S/c1-31-23-15-7-8-28-21(15)19(25)20(26)22(23)30-18-9-14(11-27)16(24)10-17(18)29-12-13-5-3-2-4-6-13/h2-10,28H,12H2,1H3. The highest BCUT2D eigenvalue weighted by Crippen LogP contribution is 2.43. The molecule has 4 nitrogen and oxygen atoms in total. The lowest BCUT2D eigenvalue weighted by atomic mass is 10.2. The summed E-state index contributed by atoms with van der Waals surface area (Å²) in [5, 5.41) is 9.63. The van der Waals surface area contributed by atoms with Crippen LogP contribution in [0, 0.1) is 28.8 Å². The van der Waals surface area contributed by atoms with E-state index in [4.69, 9.17) is 9.47 Å². The molecule has 1 aromatic heterocycles. The Morgan fingerprint density at radius 2 is 1.81 bits per heavy atom. The normalized spacial score (nSPS) is 10.8. The fraction of sp³-hybridized carbons (Fsp3) is 0.0870. The molecule has 0 aliphatic heterocycles. The lowest BCUT2D eigenvalue weighted by molar-refractivity contribution is 0.286. The number of fused-ring (bicyclic) bond motifs is 1. The molecular weight excluding hydrogens is 425 g/mol. The summed E-state index contributed by atoms with van der Waals surface area (Å²) in [4.78, 5) is 3.02. The molecule has 0 saturated carbocycles. The van der Waals surface area contributed by atoms with Gasteiger partial charge in [0.1, 0.15) is 18.5 Å². The number of halogens is 3. The number of thioether (sulfide) groups is 1. The largest absolute Gasteiger partial charge is 0.485 e. The van der Waals surface area contributed by atoms with Gasteiger partial charge < -0.3 is 14.5 Å². The van der Waals surface area contributed by atoms with Crippen molar-refractivity contribution in [2.24, 2.45) is 0 Å². The van der Waals surface area contributed by atoms with Gasteiger partial charge in [0.2, 0.25) is 5.82 Å². The number of ether oxygens (including phenoxy) is 2. The molecule has 0 spiro atoms. The van der Waals surface area contributed by atoms with Crippen molar-refractivity contribution in [1.29, 1.82) is 5.26 Å². The summed E-state index contributed by atoms with van der Waals surface area (Å²) >= 11 is 1.17. The number of H-pyrrole nitrogens is 1. The van der Waals surface area contributed by atoms with Crippen LogP contribution in [-0.2, 0) is 6.61 Å². The van der Waals surface area contributed by atoms with Gasteiger partial charge in [-0.3, -0.25) is 0 Å². The van der Waals surface area contributed by atoms with Crippen molar-refractivity contribution in [2.75, 3.05) is 6.26 Å². The minimum Gasteiger partial charge on any atom is -0.485 e. The van der Waals surface area contributed by atoms with Gasteiger partial charge >= 0.3 is 0 Å². The Morgan fingerprint density at radius 3 is 2.52 bits per heavy atom. The number of nitrogens with zero attached hydrogens (tertiary/aromatic N) is 1. The van der Waals surface area contributed by atoms with Crippen molar-refractivity contribution in [3.8, 4) is 23.3 Å². The summed E-state index contributed by atoms with van der Waals surface area (Å²) in [5.41, 5.74) is 0.525. The quantitative estimate of drug-likeness (QED) is 0.346. The van der Waals surface area contributed by atoms with Gasteiger partial charge in [0, 0.05) is 23.7 Å². The zero-order valence-electron chi connectivity index (χ0n) is 16.2. The molecule has 0 saturated heterocycles. The molecule has 1 N–H and O–H groups in total. The summed E-state index contributed by atoms with van der Waals surface area (Å²) in [6.07, 6.45) is 3.20. The number of nitriles is 1. The number of benzene rings is 3. The third kappa shape index (κ3) is 3.92. The smallest absolute Gasteiger partial charge is 0.204 e. The Hall–Kier alpha value is -3.57. The van der Waals surface area contributed by atoms with E-state index < -0.39 is 17.5 Å². The Bertz CT molecular complexity index is 1300. The summed E-state index contributed by atoms with van der Waals surface area (Å²) in [5.74, 6) is -3.61. The molecule has 0 atom stereocenters. The predicted octanol–water partition coefficient (Wildman–Crippen LogP) is 6.55. The number of aromatic amines is 1. The van der Waals surface area contributed by atoms with E-state index in [1.165, 1.54) is 18.0 Å². The van der Waals surface area contributed by atoms with Gasteiger partial charge in [0.25, 0.3) is 0 Å². The molecule has 3 aromatic carbocycles. The number of aromatic nitrogens is 1. The van der Waals surface area contributed by atoms with Crippen LogP contribution >= 0.6 is 11.8 Å². The summed E-state index contributed by atoms with van der Waals surface area (Å²) < 4.78 is 55.1. The van der Waals surface area contributed by atoms with Gasteiger partial charge in [0.05, 0.1) is 16.0 Å². The van der Waals surface area contributed by atoms with Crippen molar-refractivity contribution in [3.05, 3.63) is 83.3 Å². The van der Waals surface area contributed by atoms with Crippen LogP contribution in [0.3, 0.4) is 0 Å². The lowest BCUT2D eigenvalue weighted by Crippen LogP contribution is -2.01. The third-order valence-corrected chi connectivity index (χ3v) is 5.43. The van der Waals surface area contributed by atoms with Crippen LogP contribution in [0.1, 0.15) is 11.1 Å². The van der Waals surface area contributed by atoms with Crippen LogP contribution in [-0.4, -0.2) is 11.2 Å². The van der Waals surface area contributed by atoms with Crippen LogP contribution < -0.4 is 9.47 Å². The second-order valence-corrected chi connectivity index (χ2v) is 7.34. The maximum absolute atomic E-state index is 14.9. The second-order valence-electron chi connectivity index (χ2n) is 6.52. The molecule has 0 amide bonds. The molecule has 0 unspecified atom stereocenters. The Balaban J connectivity index is 1.79. The van der Waals surface area contributed by atoms with E-state index in [1.807, 2.05) is 30.3 Å². The summed E-state index contributed by atoms with van der Waals surface area (Å²) in [6.45, 7) is 0.0889. The predicted molar refractivity (Wildman–Crippen MR) is 112 cm³/mol. The zero-order chi connectivity index (χ0) is 22.0. The molecule has 1 heterocycles. The molecular formula is C23H15F3N2O2S. The molecule has 0 radical (unpaired) electrons. The highest BCUT2D eigenvalue weighted by Gasteiger charge is 2.24. The molecule has 4 aromatic rings. The van der Waals surface area contributed by atoms with Crippen LogP contribution in [0.5, 0.6) is 17.2 Å². The topological polar surface area (TPSA) is 58.0 Å². The Labute approximate surface area is 180 Å². The van der Waals surface area contributed by atoms with E-state index in [0.29, 0.717) is 10.3 Å². The summed E-state index contributed by atoms with van der Waals surface area (Å²) in [7, 11) is 0. The second kappa shape index (κ2) is 8.66. The highest BCUT2D eigenvalue weighted by molar-refractivity contribution is 7.99. The SMILES string of the molecule is CSc1c(Oc2cc(C#N)c(F)cc2OCc2ccccc2)c(F)c(F)c2[nH]ccc12. The zero-order valence-corrected chi connectivity index (χ0v) is 17.0. The van der Waals surface area contributed by atoms with Gasteiger partial charge in [-0.25, -0.2) is 8.78 Å². The number of hydrogen-bond donors (Lipinski definition) is 1. The molecule has 0 aliphatic rings. The molecule has 31 heavy (non-hydrogen) atoms. The maximum atomic E-state index is 14.9. The molecule has 0 bridgehead atoms. The number of hydrogen-bond acceptors (Lipinski definition) is 4. The summed E-state index contributed by atoms with van der Waals surface area (Å²) in [6, 6.07) is 14.6. The van der Waals surface area contributed by atoms with E-state index >= 15 is 0 Å². The maximum Gasteiger partial charge on any atom is 0.204 e. The fourth-order valence-corrected chi connectivity index (χ4v) is 3.83.